The van der Waals surface area contributed by atoms with Gasteiger partial charge in [0.05, 0.1) is 23.3 Å². The number of nitrogens with one attached hydrogen (secondary N) is 2. The maximum Gasteiger partial charge on any atom is 0.252 e. The van der Waals surface area contributed by atoms with Crippen LogP contribution in [0.2, 0.25) is 0 Å². The lowest BCUT2D eigenvalue weighted by Gasteiger charge is -2.23. The number of carbonyl (C=O) groups is 1. The number of nitrogens with zero attached hydrogens (tertiary/aromatic N) is 2. The summed E-state index contributed by atoms with van der Waals surface area (Å²) in [5.41, 5.74) is 11.9. The predicted octanol–water partition coefficient (Wildman–Crippen LogP) is 5.74. The Balaban J connectivity index is 1.33. The molecule has 8 heteroatoms. The molecule has 1 aliphatic heterocycles. The molecule has 1 unspecified atom stereocenters. The first-order valence-electron chi connectivity index (χ1n) is 13.9. The number of carbonyl (C=O) groups excluding carboxylic acids is 1. The number of H-pyrrole nitrogens is 1. The van der Waals surface area contributed by atoms with Crippen molar-refractivity contribution in [1.29, 1.82) is 0 Å². The highest BCUT2D eigenvalue weighted by Gasteiger charge is 2.18. The molecule has 4 aromatic rings. The summed E-state index contributed by atoms with van der Waals surface area (Å²) >= 11 is 5.59. The Kier molecular flexibility index (Phi) is 8.59. The Morgan fingerprint density at radius 3 is 2.85 bits per heavy atom. The molecule has 0 radical (unpaired) electrons. The van der Waals surface area contributed by atoms with Crippen LogP contribution in [0.3, 0.4) is 0 Å². The lowest BCUT2D eigenvalue weighted by Crippen LogP contribution is -2.32. The van der Waals surface area contributed by atoms with Crippen LogP contribution in [0.25, 0.3) is 33.1 Å². The summed E-state index contributed by atoms with van der Waals surface area (Å²) < 4.78 is 0.989. The number of amides is 1. The number of aromatic amines is 1. The van der Waals surface area contributed by atoms with E-state index in [2.05, 4.69) is 67.3 Å². The molecule has 1 atom stereocenters. The largest absolute Gasteiger partial charge is 0.360 e. The number of aromatic nitrogens is 2. The average Bonchev–Trinajstić information content (AvgIpc) is 3.43. The first kappa shape index (κ1) is 27.8. The number of allylic oxidation sites excluding steroid dienone is 1. The summed E-state index contributed by atoms with van der Waals surface area (Å²) in [6.07, 6.45) is 9.17. The fourth-order valence-corrected chi connectivity index (χ4v) is 6.62. The summed E-state index contributed by atoms with van der Waals surface area (Å²) in [4.78, 5) is 24.5. The van der Waals surface area contributed by atoms with Crippen molar-refractivity contribution in [3.05, 3.63) is 88.1 Å². The minimum atomic E-state index is -0.113. The molecule has 6 nitrogen and oxygen atoms in total. The van der Waals surface area contributed by atoms with Gasteiger partial charge >= 0.3 is 0 Å². The van der Waals surface area contributed by atoms with E-state index in [1.54, 1.807) is 0 Å². The van der Waals surface area contributed by atoms with Crippen molar-refractivity contribution in [2.45, 2.75) is 6.42 Å². The van der Waals surface area contributed by atoms with Gasteiger partial charge in [0.1, 0.15) is 0 Å². The lowest BCUT2D eigenvalue weighted by atomic mass is 9.96. The van der Waals surface area contributed by atoms with E-state index in [1.165, 1.54) is 11.5 Å². The third-order valence-electron chi connectivity index (χ3n) is 7.64. The van der Waals surface area contributed by atoms with Gasteiger partial charge in [-0.3, -0.25) is 9.69 Å². The summed E-state index contributed by atoms with van der Waals surface area (Å²) in [6, 6.07) is 14.0. The van der Waals surface area contributed by atoms with Gasteiger partial charge in [0.2, 0.25) is 0 Å². The Labute approximate surface area is 253 Å². The fraction of sp³-hybridized carbons (Fsp3) is 0.273. The quantitative estimate of drug-likeness (QED) is 0.238. The Hall–Kier alpha value is -3.35. The summed E-state index contributed by atoms with van der Waals surface area (Å²) in [5, 5.41) is 5.03. The monoisotopic (exact) mass is 625 g/mol. The molecule has 0 spiro atoms. The number of fused-ring (bicyclic) bond motifs is 2. The standard InChI is InChI=1S/C33H32BrN5OS/c34-25-8-10-30-27(17-25)29(21-36-30)32-18-28(33(40)37-20-24-5-3-23(19-35)4-6-24)26-16-22(7-9-31(26)38-32)2-1-11-39-12-14-41-15-13-39/h3-5,7-10,16-18,21,24,36H,6,11-15,19-20,35H2,(H,37,40). The van der Waals surface area contributed by atoms with E-state index in [0.29, 0.717) is 18.7 Å². The smallest absolute Gasteiger partial charge is 0.252 e. The molecule has 2 aromatic heterocycles. The number of pyridine rings is 1. The molecule has 4 N–H and O–H groups in total. The molecule has 41 heavy (non-hydrogen) atoms. The van der Waals surface area contributed by atoms with E-state index in [9.17, 15) is 4.79 Å². The first-order valence-corrected chi connectivity index (χ1v) is 15.9. The number of rotatable bonds is 6. The Morgan fingerprint density at radius 1 is 1.17 bits per heavy atom. The van der Waals surface area contributed by atoms with Gasteiger partial charge in [0.25, 0.3) is 5.91 Å². The van der Waals surface area contributed by atoms with Crippen molar-refractivity contribution in [3.63, 3.8) is 0 Å². The second kappa shape index (κ2) is 12.7. The molecule has 6 rings (SSSR count). The zero-order chi connectivity index (χ0) is 28.2. The second-order valence-corrected chi connectivity index (χ2v) is 12.6. The van der Waals surface area contributed by atoms with Crippen LogP contribution in [0.4, 0.5) is 0 Å². The molecule has 1 saturated heterocycles. The minimum absolute atomic E-state index is 0.113. The van der Waals surface area contributed by atoms with Crippen LogP contribution in [0.5, 0.6) is 0 Å². The molecule has 0 bridgehead atoms. The van der Waals surface area contributed by atoms with Crippen LogP contribution in [-0.2, 0) is 0 Å². The van der Waals surface area contributed by atoms with Gasteiger partial charge in [0, 0.05) is 75.8 Å². The molecule has 1 fully saturated rings. The minimum Gasteiger partial charge on any atom is -0.360 e. The number of thioether (sulfide) groups is 1. The maximum atomic E-state index is 13.7. The van der Waals surface area contributed by atoms with Crippen molar-refractivity contribution in [3.8, 4) is 23.1 Å². The normalized spacial score (nSPS) is 17.3. The van der Waals surface area contributed by atoms with Gasteiger partial charge in [-0.25, -0.2) is 4.98 Å². The van der Waals surface area contributed by atoms with E-state index in [4.69, 9.17) is 10.7 Å². The number of nitrogens with two attached hydrogens (primary N) is 1. The summed E-state index contributed by atoms with van der Waals surface area (Å²) in [5.74, 6) is 9.11. The van der Waals surface area contributed by atoms with Gasteiger partial charge in [-0.1, -0.05) is 46.0 Å². The van der Waals surface area contributed by atoms with E-state index in [1.807, 2.05) is 54.4 Å². The Bertz CT molecular complexity index is 1720. The van der Waals surface area contributed by atoms with Gasteiger partial charge < -0.3 is 16.0 Å². The van der Waals surface area contributed by atoms with Crippen molar-refractivity contribution in [2.75, 3.05) is 44.2 Å². The Morgan fingerprint density at radius 2 is 2.05 bits per heavy atom. The van der Waals surface area contributed by atoms with Crippen LogP contribution >= 0.6 is 27.7 Å². The van der Waals surface area contributed by atoms with Crippen LogP contribution in [0.1, 0.15) is 22.3 Å². The number of hydrogen-bond donors (Lipinski definition) is 3. The van der Waals surface area contributed by atoms with Crippen LogP contribution < -0.4 is 11.1 Å². The topological polar surface area (TPSA) is 87.0 Å². The van der Waals surface area contributed by atoms with Crippen LogP contribution in [0, 0.1) is 17.8 Å². The second-order valence-electron chi connectivity index (χ2n) is 10.4. The maximum absolute atomic E-state index is 13.7. The third-order valence-corrected chi connectivity index (χ3v) is 9.07. The van der Waals surface area contributed by atoms with Gasteiger partial charge in [-0.15, -0.1) is 0 Å². The molecule has 0 saturated carbocycles. The highest BCUT2D eigenvalue weighted by molar-refractivity contribution is 9.10. The summed E-state index contributed by atoms with van der Waals surface area (Å²) in [7, 11) is 0. The number of benzene rings is 2. The molecular weight excluding hydrogens is 594 g/mol. The zero-order valence-corrected chi connectivity index (χ0v) is 25.2. The summed E-state index contributed by atoms with van der Waals surface area (Å²) in [6.45, 7) is 4.01. The first-order chi connectivity index (χ1) is 20.1. The van der Waals surface area contributed by atoms with Crippen molar-refractivity contribution in [1.82, 2.24) is 20.2 Å². The average molecular weight is 627 g/mol. The van der Waals surface area contributed by atoms with Crippen LogP contribution in [-0.4, -0.2) is 65.0 Å². The highest BCUT2D eigenvalue weighted by atomic mass is 79.9. The van der Waals surface area contributed by atoms with Gasteiger partial charge in [-0.05, 0) is 60.4 Å². The van der Waals surface area contributed by atoms with Gasteiger partial charge in [0.15, 0.2) is 0 Å². The van der Waals surface area contributed by atoms with Crippen molar-refractivity contribution in [2.24, 2.45) is 11.7 Å². The lowest BCUT2D eigenvalue weighted by molar-refractivity contribution is 0.0951. The molecule has 2 aromatic carbocycles. The van der Waals surface area contributed by atoms with E-state index >= 15 is 0 Å². The molecule has 3 heterocycles. The number of halogens is 1. The van der Waals surface area contributed by atoms with Gasteiger partial charge in [-0.2, -0.15) is 11.8 Å². The molecule has 2 aliphatic rings. The number of hydrogen-bond acceptors (Lipinski definition) is 5. The van der Waals surface area contributed by atoms with Crippen molar-refractivity contribution >= 4 is 55.4 Å². The zero-order valence-electron chi connectivity index (χ0n) is 22.8. The molecule has 1 aliphatic carbocycles. The molecule has 208 valence electrons. The van der Waals surface area contributed by atoms with E-state index in [-0.39, 0.29) is 11.8 Å². The van der Waals surface area contributed by atoms with E-state index in [0.717, 1.165) is 74.7 Å². The van der Waals surface area contributed by atoms with E-state index < -0.39 is 0 Å². The molecular formula is C33H32BrN5OS. The third kappa shape index (κ3) is 6.44. The highest BCUT2D eigenvalue weighted by Crippen LogP contribution is 2.32. The SMILES string of the molecule is NCC1=CCC(CNC(=O)c2cc(-c3c[nH]c4ccc(Br)cc34)nc3ccc(C#CCN4CCSCC4)cc23)C=C1. The molecule has 1 amide bonds. The van der Waals surface area contributed by atoms with Crippen molar-refractivity contribution < 1.29 is 4.79 Å². The predicted molar refractivity (Wildman–Crippen MR) is 174 cm³/mol. The van der Waals surface area contributed by atoms with Crippen LogP contribution in [0.15, 0.2) is 76.9 Å². The fourth-order valence-electron chi connectivity index (χ4n) is 5.28.